The molecule has 6 nitrogen and oxygen atoms in total. The van der Waals surface area contributed by atoms with Crippen LogP contribution in [0.25, 0.3) is 0 Å². The van der Waals surface area contributed by atoms with Crippen LogP contribution in [0.5, 0.6) is 0 Å². The van der Waals surface area contributed by atoms with Crippen LogP contribution >= 0.6 is 15.9 Å². The van der Waals surface area contributed by atoms with Crippen molar-refractivity contribution in [3.63, 3.8) is 0 Å². The molecule has 0 radical (unpaired) electrons. The van der Waals surface area contributed by atoms with Gasteiger partial charge in [0.2, 0.25) is 0 Å². The second kappa shape index (κ2) is 9.84. The van der Waals surface area contributed by atoms with E-state index in [0.717, 1.165) is 28.7 Å². The van der Waals surface area contributed by atoms with Gasteiger partial charge in [0, 0.05) is 41.8 Å². The maximum atomic E-state index is 12.7. The van der Waals surface area contributed by atoms with E-state index in [1.807, 2.05) is 17.0 Å². The molecule has 0 atom stereocenters. The molecule has 2 heterocycles. The number of carbonyl (C=O) groups excluding carboxylic acids is 2. The summed E-state index contributed by atoms with van der Waals surface area (Å²) in [5.41, 5.74) is 0.373. The maximum absolute atomic E-state index is 12.7. The first kappa shape index (κ1) is 23.7. The fourth-order valence-electron chi connectivity index (χ4n) is 3.57. The molecule has 3 aromatic rings. The Morgan fingerprint density at radius 3 is 2.03 bits per heavy atom. The number of nitrogens with zero attached hydrogens (tertiary/aromatic N) is 3. The van der Waals surface area contributed by atoms with Crippen LogP contribution in [-0.4, -0.2) is 47.9 Å². The highest BCUT2D eigenvalue weighted by molar-refractivity contribution is 9.10. The van der Waals surface area contributed by atoms with Crippen LogP contribution in [-0.2, 0) is 6.18 Å². The van der Waals surface area contributed by atoms with Crippen molar-refractivity contribution in [2.24, 2.45) is 0 Å². The van der Waals surface area contributed by atoms with Gasteiger partial charge in [0.1, 0.15) is 5.82 Å². The molecular weight excluding hydrogens is 513 g/mol. The minimum atomic E-state index is -4.45. The summed E-state index contributed by atoms with van der Waals surface area (Å²) in [5.74, 6) is 0.174. The van der Waals surface area contributed by atoms with Crippen molar-refractivity contribution in [2.75, 3.05) is 36.4 Å². The summed E-state index contributed by atoms with van der Waals surface area (Å²) in [7, 11) is 0. The summed E-state index contributed by atoms with van der Waals surface area (Å²) >= 11 is 3.36. The summed E-state index contributed by atoms with van der Waals surface area (Å²) in [6.07, 6.45) is -2.96. The molecule has 10 heteroatoms. The van der Waals surface area contributed by atoms with E-state index in [1.54, 1.807) is 29.2 Å². The van der Waals surface area contributed by atoms with Crippen LogP contribution in [0.3, 0.4) is 0 Å². The third kappa shape index (κ3) is 5.56. The average molecular weight is 533 g/mol. The summed E-state index contributed by atoms with van der Waals surface area (Å²) in [6.45, 7) is 2.35. The molecule has 1 N–H and O–H groups in total. The Kier molecular flexibility index (Phi) is 6.87. The number of rotatable bonds is 4. The van der Waals surface area contributed by atoms with Crippen LogP contribution in [0.4, 0.5) is 24.7 Å². The van der Waals surface area contributed by atoms with Crippen molar-refractivity contribution in [3.8, 4) is 0 Å². The zero-order chi connectivity index (χ0) is 24.3. The molecule has 1 aliphatic heterocycles. The first-order valence-electron chi connectivity index (χ1n) is 10.5. The first-order valence-corrected chi connectivity index (χ1v) is 11.2. The molecule has 1 saturated heterocycles. The van der Waals surface area contributed by atoms with E-state index in [9.17, 15) is 22.8 Å². The zero-order valence-electron chi connectivity index (χ0n) is 17.8. The third-order valence-electron chi connectivity index (χ3n) is 5.46. The van der Waals surface area contributed by atoms with Gasteiger partial charge in [0.15, 0.2) is 0 Å². The fraction of sp³-hybridized carbons (Fsp3) is 0.208. The van der Waals surface area contributed by atoms with E-state index < -0.39 is 17.6 Å². The molecule has 4 rings (SSSR count). The molecule has 1 aliphatic rings. The van der Waals surface area contributed by atoms with Crippen LogP contribution in [0.2, 0.25) is 0 Å². The molecule has 1 aromatic heterocycles. The lowest BCUT2D eigenvalue weighted by Gasteiger charge is -2.35. The smallest absolute Gasteiger partial charge is 0.353 e. The largest absolute Gasteiger partial charge is 0.416 e. The number of piperazine rings is 1. The number of halogens is 4. The SMILES string of the molecule is O=C(Nc1ccc(N2CCN(C(=O)c3ccc(Br)cc3)CC2)nc1)c1ccc(C(F)(F)F)cc1. The van der Waals surface area contributed by atoms with Gasteiger partial charge in [0.25, 0.3) is 11.8 Å². The van der Waals surface area contributed by atoms with Gasteiger partial charge >= 0.3 is 6.18 Å². The Hall–Kier alpha value is -3.40. The van der Waals surface area contributed by atoms with Gasteiger partial charge < -0.3 is 15.1 Å². The summed E-state index contributed by atoms with van der Waals surface area (Å²) in [5, 5.41) is 2.63. The van der Waals surface area contributed by atoms with E-state index in [-0.39, 0.29) is 11.5 Å². The highest BCUT2D eigenvalue weighted by atomic mass is 79.9. The van der Waals surface area contributed by atoms with E-state index in [1.165, 1.54) is 6.20 Å². The lowest BCUT2D eigenvalue weighted by atomic mass is 10.1. The monoisotopic (exact) mass is 532 g/mol. The summed E-state index contributed by atoms with van der Waals surface area (Å²) in [6, 6.07) is 14.7. The second-order valence-electron chi connectivity index (χ2n) is 7.72. The van der Waals surface area contributed by atoms with E-state index >= 15 is 0 Å². The number of aromatic nitrogens is 1. The molecule has 176 valence electrons. The number of pyridine rings is 1. The molecule has 2 amide bonds. The summed E-state index contributed by atoms with van der Waals surface area (Å²) in [4.78, 5) is 33.2. The molecule has 0 aliphatic carbocycles. The van der Waals surface area contributed by atoms with Crippen molar-refractivity contribution in [1.29, 1.82) is 0 Å². The Morgan fingerprint density at radius 2 is 1.47 bits per heavy atom. The Morgan fingerprint density at radius 1 is 0.853 bits per heavy atom. The highest BCUT2D eigenvalue weighted by Gasteiger charge is 2.30. The first-order chi connectivity index (χ1) is 16.2. The van der Waals surface area contributed by atoms with Gasteiger partial charge in [-0.1, -0.05) is 15.9 Å². The van der Waals surface area contributed by atoms with Crippen LogP contribution in [0.15, 0.2) is 71.3 Å². The van der Waals surface area contributed by atoms with Crippen LogP contribution < -0.4 is 10.2 Å². The number of carbonyl (C=O) groups is 2. The van der Waals surface area contributed by atoms with E-state index in [2.05, 4.69) is 26.2 Å². The van der Waals surface area contributed by atoms with Crippen molar-refractivity contribution < 1.29 is 22.8 Å². The predicted octanol–water partition coefficient (Wildman–Crippen LogP) is 5.08. The second-order valence-corrected chi connectivity index (χ2v) is 8.64. The molecule has 0 bridgehead atoms. The number of hydrogen-bond acceptors (Lipinski definition) is 4. The predicted molar refractivity (Wildman–Crippen MR) is 126 cm³/mol. The molecular formula is C24H20BrF3N4O2. The van der Waals surface area contributed by atoms with Gasteiger partial charge in [-0.05, 0) is 60.7 Å². The Labute approximate surface area is 202 Å². The van der Waals surface area contributed by atoms with Crippen LogP contribution in [0.1, 0.15) is 26.3 Å². The van der Waals surface area contributed by atoms with Gasteiger partial charge in [-0.25, -0.2) is 4.98 Å². The topological polar surface area (TPSA) is 65.5 Å². The number of nitrogens with one attached hydrogen (secondary N) is 1. The lowest BCUT2D eigenvalue weighted by Crippen LogP contribution is -2.49. The summed E-state index contributed by atoms with van der Waals surface area (Å²) < 4.78 is 38.9. The Balaban J connectivity index is 1.32. The molecule has 1 fully saturated rings. The van der Waals surface area contributed by atoms with Gasteiger partial charge in [-0.3, -0.25) is 9.59 Å². The van der Waals surface area contributed by atoms with E-state index in [0.29, 0.717) is 43.2 Å². The number of benzene rings is 2. The standard InChI is InChI=1S/C24H20BrF3N4O2/c25-19-7-3-17(4-8-19)23(34)32-13-11-31(12-14-32)21-10-9-20(15-29-21)30-22(33)16-1-5-18(6-2-16)24(26,27)28/h1-10,15H,11-14H2,(H,30,33). The molecule has 34 heavy (non-hydrogen) atoms. The molecule has 2 aromatic carbocycles. The minimum Gasteiger partial charge on any atom is -0.353 e. The number of amides is 2. The third-order valence-corrected chi connectivity index (χ3v) is 5.99. The van der Waals surface area contributed by atoms with Crippen LogP contribution in [0, 0.1) is 0 Å². The highest BCUT2D eigenvalue weighted by Crippen LogP contribution is 2.29. The average Bonchev–Trinajstić information content (AvgIpc) is 2.84. The number of anilines is 2. The molecule has 0 spiro atoms. The van der Waals surface area contributed by atoms with Gasteiger partial charge in [0.05, 0.1) is 17.4 Å². The van der Waals surface area contributed by atoms with E-state index in [4.69, 9.17) is 0 Å². The van der Waals surface area contributed by atoms with Gasteiger partial charge in [-0.15, -0.1) is 0 Å². The quantitative estimate of drug-likeness (QED) is 0.509. The minimum absolute atomic E-state index is 0.0126. The van der Waals surface area contributed by atoms with Crippen molar-refractivity contribution in [3.05, 3.63) is 88.0 Å². The normalized spacial score (nSPS) is 14.1. The Bertz CT molecular complexity index is 1160. The van der Waals surface area contributed by atoms with Gasteiger partial charge in [-0.2, -0.15) is 13.2 Å². The van der Waals surface area contributed by atoms with Crippen molar-refractivity contribution >= 4 is 39.2 Å². The maximum Gasteiger partial charge on any atom is 0.416 e. The zero-order valence-corrected chi connectivity index (χ0v) is 19.4. The number of alkyl halides is 3. The van der Waals surface area contributed by atoms with Crippen molar-refractivity contribution in [2.45, 2.75) is 6.18 Å². The fourth-order valence-corrected chi connectivity index (χ4v) is 3.84. The molecule has 0 unspecified atom stereocenters. The molecule has 0 saturated carbocycles. The number of hydrogen-bond donors (Lipinski definition) is 1. The lowest BCUT2D eigenvalue weighted by molar-refractivity contribution is -0.137. The van der Waals surface area contributed by atoms with Crippen molar-refractivity contribution in [1.82, 2.24) is 9.88 Å².